The van der Waals surface area contributed by atoms with Crippen LogP contribution in [0.4, 0.5) is 0 Å². The Morgan fingerprint density at radius 1 is 0.350 bits per heavy atom. The van der Waals surface area contributed by atoms with Crippen molar-refractivity contribution < 1.29 is 79.1 Å². The molecule has 0 unspecified atom stereocenters. The van der Waals surface area contributed by atoms with Crippen LogP contribution in [0.1, 0.15) is 125 Å². The smallest absolute Gasteiger partial charge is 0.875 e. The molecule has 7 heteroatoms. The van der Waals surface area contributed by atoms with E-state index in [1.165, 1.54) is 18.2 Å². The fraction of sp³-hybridized carbons (Fsp3) is 0.727. The molecule has 0 rings (SSSR count). The normalized spacial score (nSPS) is 14.1. The number of rotatable bonds is 3. The molecular weight excluding hydrogens is 644 g/mol. The zero-order valence-corrected chi connectivity index (χ0v) is 31.0. The van der Waals surface area contributed by atoms with E-state index < -0.39 is 32.5 Å². The third-order valence-corrected chi connectivity index (χ3v) is 5.22. The van der Waals surface area contributed by atoms with Gasteiger partial charge in [0, 0.05) is 16.2 Å². The van der Waals surface area contributed by atoms with Crippen LogP contribution in [0.15, 0.2) is 35.5 Å². The van der Waals surface area contributed by atoms with E-state index >= 15 is 0 Å². The second-order valence-corrected chi connectivity index (χ2v) is 16.1. The summed E-state index contributed by atoms with van der Waals surface area (Å²) in [4.78, 5) is 34.3. The van der Waals surface area contributed by atoms with Gasteiger partial charge in [0.1, 0.15) is 0 Å². The van der Waals surface area contributed by atoms with Crippen LogP contribution in [-0.4, -0.2) is 17.3 Å². The molecule has 232 valence electrons. The molecule has 0 fully saturated rings. The van der Waals surface area contributed by atoms with Crippen molar-refractivity contribution in [3.8, 4) is 0 Å². The molecule has 0 aromatic carbocycles. The van der Waals surface area contributed by atoms with Gasteiger partial charge < -0.3 is 15.3 Å². The molecule has 0 bridgehead atoms. The number of carbonyl (C=O) groups excluding carboxylic acids is 3. The fourth-order valence-electron chi connectivity index (χ4n) is 1.66. The monoisotopic (exact) mass is 702 g/mol. The van der Waals surface area contributed by atoms with Gasteiger partial charge in [0.25, 0.3) is 0 Å². The van der Waals surface area contributed by atoms with Gasteiger partial charge in [0.15, 0.2) is 17.3 Å². The summed E-state index contributed by atoms with van der Waals surface area (Å²) >= 11 is 0. The van der Waals surface area contributed by atoms with Crippen molar-refractivity contribution in [3.63, 3.8) is 0 Å². The second-order valence-electron chi connectivity index (χ2n) is 16.1. The van der Waals surface area contributed by atoms with Crippen molar-refractivity contribution >= 4 is 17.3 Å². The quantitative estimate of drug-likeness (QED) is 0.276. The second kappa shape index (κ2) is 16.7. The number of carbonyl (C=O) groups is 3. The fourth-order valence-corrected chi connectivity index (χ4v) is 1.66. The molecule has 0 radical (unpaired) electrons. The number of hydrogen-bond donors (Lipinski definition) is 0. The standard InChI is InChI=1S/3C11H20O2.Eu/c3*1-10(2,3)8(12)7-9(13)11(4,5)6;/h3*7,12H,1-6H3;/q;;;+3/p-3. The maximum Gasteiger partial charge on any atom is 3.00 e. The van der Waals surface area contributed by atoms with Gasteiger partial charge >= 0.3 is 49.4 Å². The maximum atomic E-state index is 11.4. The van der Waals surface area contributed by atoms with Gasteiger partial charge in [-0.2, -0.15) is 0 Å². The van der Waals surface area contributed by atoms with Crippen LogP contribution in [0.5, 0.6) is 0 Å². The summed E-state index contributed by atoms with van der Waals surface area (Å²) in [6, 6.07) is 0. The summed E-state index contributed by atoms with van der Waals surface area (Å²) in [7, 11) is 0. The van der Waals surface area contributed by atoms with Crippen molar-refractivity contribution in [2.75, 3.05) is 0 Å². The van der Waals surface area contributed by atoms with Crippen LogP contribution < -0.4 is 15.3 Å². The molecule has 0 saturated heterocycles. The average molecular weight is 702 g/mol. The van der Waals surface area contributed by atoms with Crippen molar-refractivity contribution in [3.05, 3.63) is 35.5 Å². The van der Waals surface area contributed by atoms with Crippen LogP contribution in [0.2, 0.25) is 0 Å². The minimum atomic E-state index is -0.457. The van der Waals surface area contributed by atoms with E-state index in [0.717, 1.165) is 0 Å². The molecule has 0 aliphatic heterocycles. The van der Waals surface area contributed by atoms with Gasteiger partial charge in [-0.25, -0.2) is 0 Å². The minimum Gasteiger partial charge on any atom is -0.875 e. The number of hydrogen-bond acceptors (Lipinski definition) is 6. The molecule has 0 amide bonds. The molecule has 40 heavy (non-hydrogen) atoms. The van der Waals surface area contributed by atoms with Crippen molar-refractivity contribution in [1.82, 2.24) is 0 Å². The van der Waals surface area contributed by atoms with E-state index in [2.05, 4.69) is 0 Å². The average Bonchev–Trinajstić information content (AvgIpc) is 2.64. The van der Waals surface area contributed by atoms with E-state index in [1.54, 1.807) is 0 Å². The van der Waals surface area contributed by atoms with Gasteiger partial charge in [0.05, 0.1) is 0 Å². The van der Waals surface area contributed by atoms with Crippen LogP contribution in [0.25, 0.3) is 0 Å². The number of allylic oxidation sites excluding steroid dienone is 6. The minimum absolute atomic E-state index is 0. The van der Waals surface area contributed by atoms with E-state index in [9.17, 15) is 29.7 Å². The molecule has 0 aliphatic rings. The summed E-state index contributed by atoms with van der Waals surface area (Å²) in [6.07, 6.45) is 3.67. The van der Waals surface area contributed by atoms with Crippen LogP contribution in [0.3, 0.4) is 0 Å². The first-order chi connectivity index (χ1) is 16.6. The Morgan fingerprint density at radius 3 is 0.550 bits per heavy atom. The molecule has 0 atom stereocenters. The SMILES string of the molecule is CC(C)(C)C(=O)C=C([O-])C(C)(C)C.CC(C)(C)C(=O)C=C([O-])C(C)(C)C.CC(C)(C)C(=O)C=C([O-])C(C)(C)C.[Eu+3]. The zero-order chi connectivity index (χ0) is 32.6. The molecule has 0 spiro atoms. The summed E-state index contributed by atoms with van der Waals surface area (Å²) in [5.41, 5.74) is -2.74. The molecule has 6 nitrogen and oxygen atoms in total. The topological polar surface area (TPSA) is 120 Å². The largest absolute Gasteiger partial charge is 3.00 e. The van der Waals surface area contributed by atoms with Gasteiger partial charge in [-0.05, 0) is 34.5 Å². The van der Waals surface area contributed by atoms with E-state index in [-0.39, 0.29) is 84.0 Å². The third-order valence-electron chi connectivity index (χ3n) is 5.22. The van der Waals surface area contributed by atoms with Crippen LogP contribution in [-0.2, 0) is 14.4 Å². The zero-order valence-electron chi connectivity index (χ0n) is 28.6. The van der Waals surface area contributed by atoms with Gasteiger partial charge in [-0.15, -0.1) is 17.3 Å². The van der Waals surface area contributed by atoms with Gasteiger partial charge in [0.2, 0.25) is 0 Å². The molecule has 0 heterocycles. The Bertz CT molecular complexity index is 801. The molecular formula is C33H57EuO6. The summed E-state index contributed by atoms with van der Waals surface area (Å²) in [5.74, 6) is -0.625. The van der Waals surface area contributed by atoms with E-state index in [4.69, 9.17) is 0 Å². The van der Waals surface area contributed by atoms with Crippen molar-refractivity contribution in [2.24, 2.45) is 32.5 Å². The van der Waals surface area contributed by atoms with Gasteiger partial charge in [-0.1, -0.05) is 125 Å². The molecule has 0 saturated carbocycles. The summed E-state index contributed by atoms with van der Waals surface area (Å²) < 4.78 is 0. The first kappa shape index (κ1) is 46.2. The first-order valence-electron chi connectivity index (χ1n) is 13.5. The number of ketones is 3. The summed E-state index contributed by atoms with van der Waals surface area (Å²) in [5, 5.41) is 34.3. The Hall–Kier alpha value is -0.786. The van der Waals surface area contributed by atoms with Gasteiger partial charge in [-0.3, -0.25) is 14.4 Å². The van der Waals surface area contributed by atoms with Crippen molar-refractivity contribution in [1.29, 1.82) is 0 Å². The molecule has 0 aliphatic carbocycles. The predicted octanol–water partition coefficient (Wildman–Crippen LogP) is 5.68. The van der Waals surface area contributed by atoms with E-state index in [0.29, 0.717) is 0 Å². The molecule has 0 aromatic heterocycles. The Kier molecular flexibility index (Phi) is 19.3. The predicted molar refractivity (Wildman–Crippen MR) is 156 cm³/mol. The Labute approximate surface area is 286 Å². The summed E-state index contributed by atoms with van der Waals surface area (Å²) in [6.45, 7) is 32.5. The first-order valence-corrected chi connectivity index (χ1v) is 13.5. The maximum absolute atomic E-state index is 11.4. The van der Waals surface area contributed by atoms with Crippen molar-refractivity contribution in [2.45, 2.75) is 125 Å². The third kappa shape index (κ3) is 21.9. The Balaban J connectivity index is -0.000000240. The molecule has 0 N–H and O–H groups in total. The van der Waals surface area contributed by atoms with Crippen LogP contribution >= 0.6 is 0 Å². The van der Waals surface area contributed by atoms with E-state index in [1.807, 2.05) is 125 Å². The Morgan fingerprint density at radius 2 is 0.475 bits per heavy atom. The van der Waals surface area contributed by atoms with Crippen LogP contribution in [0, 0.1) is 81.9 Å². The molecule has 0 aromatic rings.